The van der Waals surface area contributed by atoms with Crippen molar-refractivity contribution in [3.63, 3.8) is 0 Å². The second kappa shape index (κ2) is 11.0. The Morgan fingerprint density at radius 1 is 1.02 bits per heavy atom. The largest absolute Gasteiger partial charge is 0.502 e. The van der Waals surface area contributed by atoms with Crippen molar-refractivity contribution in [2.24, 2.45) is 0 Å². The van der Waals surface area contributed by atoms with Crippen LogP contribution >= 0.6 is 0 Å². The van der Waals surface area contributed by atoms with Crippen LogP contribution in [0.4, 0.5) is 22.0 Å². The molecule has 14 heteroatoms. The summed E-state index contributed by atoms with van der Waals surface area (Å²) in [6, 6.07) is 10.7. The number of rotatable bonds is 10. The quantitative estimate of drug-likeness (QED) is 0.223. The number of hydrogen-bond donors (Lipinski definition) is 1. The van der Waals surface area contributed by atoms with E-state index in [0.717, 1.165) is 47.5 Å². The molecular weight excluding hydrogens is 541 g/mol. The van der Waals surface area contributed by atoms with Gasteiger partial charge in [-0.25, -0.2) is 13.9 Å². The number of pyridine rings is 1. The fourth-order valence-electron chi connectivity index (χ4n) is 3.88. The molecule has 210 valence electrons. The van der Waals surface area contributed by atoms with Crippen LogP contribution in [0.2, 0.25) is 0 Å². The van der Waals surface area contributed by atoms with E-state index in [0.29, 0.717) is 16.7 Å². The van der Waals surface area contributed by atoms with Crippen LogP contribution in [0.3, 0.4) is 0 Å². The molecule has 1 N–H and O–H groups in total. The molecule has 0 aliphatic heterocycles. The average Bonchev–Trinajstić information content (AvgIpc) is 3.42. The monoisotopic (exact) mass is 563 g/mol. The Labute approximate surface area is 224 Å². The fourth-order valence-corrected chi connectivity index (χ4v) is 3.88. The Kier molecular flexibility index (Phi) is 7.82. The summed E-state index contributed by atoms with van der Waals surface area (Å²) in [6.07, 6.45) is -2.13. The zero-order valence-corrected chi connectivity index (χ0v) is 21.1. The Bertz CT molecular complexity index is 1470. The molecule has 4 aromatic rings. The normalized spacial score (nSPS) is 13.5. The molecule has 0 saturated heterocycles. The van der Waals surface area contributed by atoms with Crippen LogP contribution in [0, 0.1) is 12.7 Å². The number of carbonyl (C=O) groups excluding carboxylic acids is 1. The summed E-state index contributed by atoms with van der Waals surface area (Å²) in [5, 5.41) is 21.6. The van der Waals surface area contributed by atoms with Gasteiger partial charge >= 0.3 is 18.0 Å². The molecule has 0 radical (unpaired) electrons. The summed E-state index contributed by atoms with van der Waals surface area (Å²) in [7, 11) is 0. The Morgan fingerprint density at radius 2 is 1.73 bits per heavy atom. The van der Waals surface area contributed by atoms with Crippen molar-refractivity contribution >= 4 is 5.97 Å². The number of carbonyl (C=O) groups is 1. The first-order valence-corrected chi connectivity index (χ1v) is 11.8. The lowest BCUT2D eigenvalue weighted by Crippen LogP contribution is -2.48. The Hall–Kier alpha value is -4.46. The van der Waals surface area contributed by atoms with Gasteiger partial charge in [-0.05, 0) is 59.7 Å². The maximum absolute atomic E-state index is 15.9. The smallest absolute Gasteiger partial charge is 0.459 e. The van der Waals surface area contributed by atoms with E-state index in [1.54, 1.807) is 6.92 Å². The van der Waals surface area contributed by atoms with Gasteiger partial charge < -0.3 is 14.6 Å². The molecule has 0 aliphatic carbocycles. The molecule has 2 aromatic carbocycles. The number of esters is 1. The van der Waals surface area contributed by atoms with E-state index in [-0.39, 0.29) is 12.4 Å². The first kappa shape index (κ1) is 28.5. The summed E-state index contributed by atoms with van der Waals surface area (Å²) in [5.41, 5.74) is -3.53. The van der Waals surface area contributed by atoms with Crippen LogP contribution in [0.25, 0.3) is 11.1 Å². The highest BCUT2D eigenvalue weighted by molar-refractivity contribution is 5.76. The second-order valence-corrected chi connectivity index (χ2v) is 8.72. The lowest BCUT2D eigenvalue weighted by Gasteiger charge is -2.35. The summed E-state index contributed by atoms with van der Waals surface area (Å²) in [6.45, 7) is 1.78. The van der Waals surface area contributed by atoms with Crippen molar-refractivity contribution in [2.45, 2.75) is 38.0 Å². The molecule has 40 heavy (non-hydrogen) atoms. The van der Waals surface area contributed by atoms with Crippen molar-refractivity contribution < 1.29 is 41.3 Å². The van der Waals surface area contributed by atoms with Gasteiger partial charge in [0.05, 0.1) is 13.2 Å². The summed E-state index contributed by atoms with van der Waals surface area (Å²) in [5.74, 6) is -7.37. The lowest BCUT2D eigenvalue weighted by molar-refractivity contribution is -0.216. The SMILES string of the molecule is CCOC(=O)C(F)(F)Oc1ccc(-c2ccc(C(F)(F)C(O)(Cn3cnnn3)c3ccc(C)cc3F)nc2)cc1. The summed E-state index contributed by atoms with van der Waals surface area (Å²) < 4.78 is 83.9. The molecule has 1 unspecified atom stereocenters. The van der Waals surface area contributed by atoms with Gasteiger partial charge in [0.1, 0.15) is 23.6 Å². The van der Waals surface area contributed by atoms with Gasteiger partial charge in [0, 0.05) is 17.3 Å². The molecule has 0 fully saturated rings. The molecule has 0 spiro atoms. The molecule has 0 amide bonds. The number of ether oxygens (including phenoxy) is 2. The Balaban J connectivity index is 1.62. The minimum atomic E-state index is -4.21. The highest BCUT2D eigenvalue weighted by Crippen LogP contribution is 2.47. The molecule has 2 aromatic heterocycles. The van der Waals surface area contributed by atoms with Crippen molar-refractivity contribution in [3.05, 3.63) is 89.8 Å². The number of nitrogens with zero attached hydrogens (tertiary/aromatic N) is 5. The third-order valence-corrected chi connectivity index (χ3v) is 5.90. The van der Waals surface area contributed by atoms with Crippen LogP contribution in [0.5, 0.6) is 5.75 Å². The number of alkyl halides is 4. The van der Waals surface area contributed by atoms with Gasteiger partial charge in [0.25, 0.3) is 0 Å². The molecular formula is C26H22F5N5O4. The molecule has 2 heterocycles. The van der Waals surface area contributed by atoms with Gasteiger partial charge in [0.2, 0.25) is 0 Å². The first-order chi connectivity index (χ1) is 18.9. The predicted molar refractivity (Wildman–Crippen MR) is 129 cm³/mol. The minimum absolute atomic E-state index is 0.256. The molecule has 0 bridgehead atoms. The van der Waals surface area contributed by atoms with Crippen molar-refractivity contribution in [3.8, 4) is 16.9 Å². The van der Waals surface area contributed by atoms with Crippen molar-refractivity contribution in [1.82, 2.24) is 25.2 Å². The van der Waals surface area contributed by atoms with Gasteiger partial charge in [0.15, 0.2) is 5.60 Å². The Morgan fingerprint density at radius 3 is 2.30 bits per heavy atom. The number of halogens is 5. The number of hydrogen-bond acceptors (Lipinski definition) is 8. The third-order valence-electron chi connectivity index (χ3n) is 5.90. The van der Waals surface area contributed by atoms with Crippen molar-refractivity contribution in [1.29, 1.82) is 0 Å². The predicted octanol–water partition coefficient (Wildman–Crippen LogP) is 4.40. The van der Waals surface area contributed by atoms with Gasteiger partial charge in [-0.2, -0.15) is 17.6 Å². The fraction of sp³-hybridized carbons (Fsp3) is 0.269. The van der Waals surface area contributed by atoms with E-state index in [1.807, 2.05) is 0 Å². The van der Waals surface area contributed by atoms with E-state index >= 15 is 8.78 Å². The molecule has 0 saturated carbocycles. The van der Waals surface area contributed by atoms with E-state index in [1.165, 1.54) is 31.2 Å². The number of benzene rings is 2. The van der Waals surface area contributed by atoms with E-state index in [4.69, 9.17) is 0 Å². The van der Waals surface area contributed by atoms with Crippen LogP contribution in [0.1, 0.15) is 23.7 Å². The zero-order valence-electron chi connectivity index (χ0n) is 21.1. The summed E-state index contributed by atoms with van der Waals surface area (Å²) in [4.78, 5) is 15.2. The number of aryl methyl sites for hydroxylation is 1. The first-order valence-electron chi connectivity index (χ1n) is 11.8. The van der Waals surface area contributed by atoms with Crippen LogP contribution in [0.15, 0.2) is 67.1 Å². The third kappa shape index (κ3) is 5.61. The second-order valence-electron chi connectivity index (χ2n) is 8.72. The molecule has 9 nitrogen and oxygen atoms in total. The maximum Gasteiger partial charge on any atom is 0.502 e. The maximum atomic E-state index is 15.9. The van der Waals surface area contributed by atoms with Crippen LogP contribution in [-0.2, 0) is 27.6 Å². The minimum Gasteiger partial charge on any atom is -0.459 e. The number of tetrazole rings is 1. The molecule has 0 aliphatic rings. The number of aliphatic hydroxyl groups is 1. The van der Waals surface area contributed by atoms with Gasteiger partial charge in [-0.1, -0.05) is 30.3 Å². The van der Waals surface area contributed by atoms with E-state index in [9.17, 15) is 23.1 Å². The van der Waals surface area contributed by atoms with Gasteiger partial charge in [-0.15, -0.1) is 5.10 Å². The summed E-state index contributed by atoms with van der Waals surface area (Å²) >= 11 is 0. The zero-order chi connectivity index (χ0) is 29.1. The molecule has 1 atom stereocenters. The topological polar surface area (TPSA) is 112 Å². The standard InChI is InChI=1S/C26H22F5N5O4/c1-3-39-23(37)26(30,31)40-19-8-5-17(6-9-19)18-7-11-22(32-13-18)25(28,29)24(38,14-36-15-33-34-35-36)20-10-4-16(2)12-21(20)27/h4-13,15,38H,3,14H2,1-2H3. The number of aromatic nitrogens is 5. The van der Waals surface area contributed by atoms with Crippen molar-refractivity contribution in [2.75, 3.05) is 6.61 Å². The van der Waals surface area contributed by atoms with Gasteiger partial charge in [-0.3, -0.25) is 4.98 Å². The average molecular weight is 563 g/mol. The highest BCUT2D eigenvalue weighted by Gasteiger charge is 2.58. The van der Waals surface area contributed by atoms with E-state index < -0.39 is 47.2 Å². The van der Waals surface area contributed by atoms with E-state index in [2.05, 4.69) is 30.0 Å². The van der Waals surface area contributed by atoms with Crippen LogP contribution < -0.4 is 4.74 Å². The molecule has 4 rings (SSSR count). The lowest BCUT2D eigenvalue weighted by atomic mass is 9.84. The highest BCUT2D eigenvalue weighted by atomic mass is 19.3. The van der Waals surface area contributed by atoms with Crippen LogP contribution in [-0.4, -0.2) is 49.0 Å².